The zero-order valence-corrected chi connectivity index (χ0v) is 15.9. The first kappa shape index (κ1) is 19.8. The Balaban J connectivity index is 2.08. The van der Waals surface area contributed by atoms with Crippen molar-refractivity contribution < 1.29 is 9.59 Å². The molecule has 2 amide bonds. The number of aromatic nitrogens is 5. The number of nitrogens with zero attached hydrogens (tertiary/aromatic N) is 5. The summed E-state index contributed by atoms with van der Waals surface area (Å²) in [6.07, 6.45) is 3.76. The number of amides is 2. The van der Waals surface area contributed by atoms with Crippen molar-refractivity contribution in [2.24, 2.45) is 11.7 Å². The fourth-order valence-electron chi connectivity index (χ4n) is 2.16. The fourth-order valence-corrected chi connectivity index (χ4v) is 3.04. The Labute approximate surface area is 156 Å². The highest BCUT2D eigenvalue weighted by atomic mass is 32.2. The molecule has 0 spiro atoms. The number of rotatable bonds is 9. The Kier molecular flexibility index (Phi) is 7.07. The summed E-state index contributed by atoms with van der Waals surface area (Å²) in [6, 6.07) is 1.68. The van der Waals surface area contributed by atoms with E-state index in [1.165, 1.54) is 11.8 Å². The summed E-state index contributed by atoms with van der Waals surface area (Å²) in [4.78, 5) is 31.4. The van der Waals surface area contributed by atoms with Crippen LogP contribution in [-0.2, 0) is 22.6 Å². The second-order valence-electron chi connectivity index (χ2n) is 6.19. The summed E-state index contributed by atoms with van der Waals surface area (Å²) in [6.45, 7) is 6.63. The second kappa shape index (κ2) is 9.27. The van der Waals surface area contributed by atoms with Crippen molar-refractivity contribution in [3.05, 3.63) is 24.3 Å². The van der Waals surface area contributed by atoms with Crippen molar-refractivity contribution in [2.45, 2.75) is 50.6 Å². The smallest absolute Gasteiger partial charge is 0.240 e. The highest BCUT2D eigenvalue weighted by Gasteiger charge is 2.21. The molecule has 26 heavy (non-hydrogen) atoms. The van der Waals surface area contributed by atoms with E-state index in [1.807, 2.05) is 4.57 Å². The van der Waals surface area contributed by atoms with Crippen molar-refractivity contribution >= 4 is 29.5 Å². The number of nitrogens with one attached hydrogen (secondary N) is 1. The molecule has 10 heteroatoms. The molecular formula is C16H23N7O2S. The summed E-state index contributed by atoms with van der Waals surface area (Å²) in [7, 11) is 0. The molecule has 0 aliphatic rings. The van der Waals surface area contributed by atoms with E-state index in [-0.39, 0.29) is 24.2 Å². The predicted octanol–water partition coefficient (Wildman–Crippen LogP) is 1.26. The SMILES string of the molecule is CC(C)Cn1c(CCC(N)=O)nnc1S[C@@H](C)C(=O)Nc1ncccn1. The van der Waals surface area contributed by atoms with E-state index < -0.39 is 5.25 Å². The maximum Gasteiger partial charge on any atom is 0.240 e. The average molecular weight is 377 g/mol. The van der Waals surface area contributed by atoms with E-state index in [0.717, 1.165) is 0 Å². The molecule has 0 saturated carbocycles. The topological polar surface area (TPSA) is 129 Å². The van der Waals surface area contributed by atoms with Gasteiger partial charge in [0, 0.05) is 31.8 Å². The molecule has 0 radical (unpaired) electrons. The molecule has 2 heterocycles. The molecule has 0 aliphatic carbocycles. The van der Waals surface area contributed by atoms with Crippen LogP contribution in [-0.4, -0.2) is 41.8 Å². The van der Waals surface area contributed by atoms with Crippen LogP contribution in [0, 0.1) is 5.92 Å². The van der Waals surface area contributed by atoms with E-state index in [2.05, 4.69) is 39.3 Å². The number of hydrogen-bond donors (Lipinski definition) is 2. The van der Waals surface area contributed by atoms with Crippen LogP contribution in [0.15, 0.2) is 23.6 Å². The summed E-state index contributed by atoms with van der Waals surface area (Å²) in [5.41, 5.74) is 5.23. The van der Waals surface area contributed by atoms with Crippen molar-refractivity contribution in [3.8, 4) is 0 Å². The summed E-state index contributed by atoms with van der Waals surface area (Å²) in [5.74, 6) is 0.710. The molecule has 0 aliphatic heterocycles. The monoisotopic (exact) mass is 377 g/mol. The van der Waals surface area contributed by atoms with Crippen LogP contribution in [0.2, 0.25) is 0 Å². The normalized spacial score (nSPS) is 12.2. The zero-order chi connectivity index (χ0) is 19.1. The quantitative estimate of drug-likeness (QED) is 0.629. The maximum atomic E-state index is 12.3. The van der Waals surface area contributed by atoms with Gasteiger partial charge < -0.3 is 10.3 Å². The summed E-state index contributed by atoms with van der Waals surface area (Å²) in [5, 5.41) is 11.2. The number of thioether (sulfide) groups is 1. The molecule has 0 bridgehead atoms. The highest BCUT2D eigenvalue weighted by molar-refractivity contribution is 8.00. The predicted molar refractivity (Wildman–Crippen MR) is 98.4 cm³/mol. The first-order valence-corrected chi connectivity index (χ1v) is 9.19. The van der Waals surface area contributed by atoms with Gasteiger partial charge in [-0.2, -0.15) is 0 Å². The molecule has 2 aromatic heterocycles. The molecule has 2 aromatic rings. The van der Waals surface area contributed by atoms with Crippen molar-refractivity contribution in [1.82, 2.24) is 24.7 Å². The molecule has 0 aromatic carbocycles. The van der Waals surface area contributed by atoms with Gasteiger partial charge in [-0.3, -0.25) is 14.9 Å². The highest BCUT2D eigenvalue weighted by Crippen LogP contribution is 2.24. The Morgan fingerprint density at radius 2 is 1.92 bits per heavy atom. The van der Waals surface area contributed by atoms with Crippen molar-refractivity contribution in [3.63, 3.8) is 0 Å². The van der Waals surface area contributed by atoms with E-state index in [1.54, 1.807) is 25.4 Å². The lowest BCUT2D eigenvalue weighted by Crippen LogP contribution is -2.24. The molecule has 3 N–H and O–H groups in total. The Bertz CT molecular complexity index is 748. The van der Waals surface area contributed by atoms with E-state index in [0.29, 0.717) is 29.9 Å². The molecule has 140 valence electrons. The molecule has 0 fully saturated rings. The van der Waals surface area contributed by atoms with Crippen LogP contribution in [0.1, 0.15) is 33.0 Å². The van der Waals surface area contributed by atoms with Crippen LogP contribution in [0.3, 0.4) is 0 Å². The first-order valence-electron chi connectivity index (χ1n) is 8.31. The Morgan fingerprint density at radius 3 is 2.54 bits per heavy atom. The zero-order valence-electron chi connectivity index (χ0n) is 15.0. The Morgan fingerprint density at radius 1 is 1.23 bits per heavy atom. The fraction of sp³-hybridized carbons (Fsp3) is 0.500. The third kappa shape index (κ3) is 5.80. The third-order valence-corrected chi connectivity index (χ3v) is 4.47. The molecule has 2 rings (SSSR count). The molecule has 1 atom stereocenters. The number of carbonyl (C=O) groups is 2. The number of hydrogen-bond acceptors (Lipinski definition) is 7. The van der Waals surface area contributed by atoms with Gasteiger partial charge in [-0.25, -0.2) is 9.97 Å². The van der Waals surface area contributed by atoms with E-state index >= 15 is 0 Å². The van der Waals surface area contributed by atoms with Crippen LogP contribution in [0.25, 0.3) is 0 Å². The maximum absolute atomic E-state index is 12.3. The largest absolute Gasteiger partial charge is 0.370 e. The minimum atomic E-state index is -0.419. The van der Waals surface area contributed by atoms with Crippen LogP contribution in [0.4, 0.5) is 5.95 Å². The Hall–Kier alpha value is -2.49. The lowest BCUT2D eigenvalue weighted by Gasteiger charge is -2.14. The summed E-state index contributed by atoms with van der Waals surface area (Å²) >= 11 is 1.30. The molecular weight excluding hydrogens is 354 g/mol. The second-order valence-corrected chi connectivity index (χ2v) is 7.50. The van der Waals surface area contributed by atoms with Crippen molar-refractivity contribution in [1.29, 1.82) is 0 Å². The van der Waals surface area contributed by atoms with Crippen LogP contribution >= 0.6 is 11.8 Å². The van der Waals surface area contributed by atoms with Crippen molar-refractivity contribution in [2.75, 3.05) is 5.32 Å². The third-order valence-electron chi connectivity index (χ3n) is 3.39. The van der Waals surface area contributed by atoms with Gasteiger partial charge >= 0.3 is 0 Å². The van der Waals surface area contributed by atoms with E-state index in [9.17, 15) is 9.59 Å². The van der Waals surface area contributed by atoms with Gasteiger partial charge in [0.05, 0.1) is 5.25 Å². The van der Waals surface area contributed by atoms with Gasteiger partial charge in [-0.1, -0.05) is 25.6 Å². The number of anilines is 1. The van der Waals surface area contributed by atoms with Crippen LogP contribution in [0.5, 0.6) is 0 Å². The van der Waals surface area contributed by atoms with Gasteiger partial charge in [0.15, 0.2) is 5.16 Å². The minimum absolute atomic E-state index is 0.211. The molecule has 0 unspecified atom stereocenters. The van der Waals surface area contributed by atoms with E-state index in [4.69, 9.17) is 5.73 Å². The lowest BCUT2D eigenvalue weighted by molar-refractivity contribution is -0.118. The standard InChI is InChI=1S/C16H23N7O2S/c1-10(2)9-23-13(6-5-12(17)24)21-22-16(23)26-11(3)14(25)20-15-18-7-4-8-19-15/h4,7-8,10-11H,5-6,9H2,1-3H3,(H2,17,24)(H,18,19,20,25)/t11-/m0/s1. The van der Waals surface area contributed by atoms with Crippen LogP contribution < -0.4 is 11.1 Å². The van der Waals surface area contributed by atoms with Gasteiger partial charge in [0.25, 0.3) is 0 Å². The number of carbonyl (C=O) groups excluding carboxylic acids is 2. The number of primary amides is 1. The van der Waals surface area contributed by atoms with Gasteiger partial charge in [0.2, 0.25) is 17.8 Å². The minimum Gasteiger partial charge on any atom is -0.370 e. The number of nitrogens with two attached hydrogens (primary N) is 1. The molecule has 0 saturated heterocycles. The average Bonchev–Trinajstić information content (AvgIpc) is 2.95. The summed E-state index contributed by atoms with van der Waals surface area (Å²) < 4.78 is 1.95. The van der Waals surface area contributed by atoms with Gasteiger partial charge in [0.1, 0.15) is 5.82 Å². The molecule has 9 nitrogen and oxygen atoms in total. The van der Waals surface area contributed by atoms with Gasteiger partial charge in [-0.05, 0) is 18.9 Å². The lowest BCUT2D eigenvalue weighted by atomic mass is 10.2. The van der Waals surface area contributed by atoms with Gasteiger partial charge in [-0.15, -0.1) is 10.2 Å². The number of aryl methyl sites for hydroxylation is 1. The first-order chi connectivity index (χ1) is 12.4.